The first kappa shape index (κ1) is 32.5. The molecule has 8 nitrogen and oxygen atoms in total. The van der Waals surface area contributed by atoms with Crippen LogP contribution in [0.2, 0.25) is 0 Å². The number of nitrogens with one attached hydrogen (secondary N) is 2. The Hall–Kier alpha value is -1.67. The molecule has 0 aliphatic heterocycles. The second-order valence-electron chi connectivity index (χ2n) is 12.6. The van der Waals surface area contributed by atoms with Crippen LogP contribution in [0.1, 0.15) is 124 Å². The summed E-state index contributed by atoms with van der Waals surface area (Å²) in [5.41, 5.74) is -1.34. The van der Waals surface area contributed by atoms with Crippen molar-refractivity contribution in [2.45, 2.75) is 136 Å². The molecule has 0 bridgehead atoms. The molecule has 2 aliphatic rings. The molecule has 2 aliphatic carbocycles. The average Bonchev–Trinajstić information content (AvgIpc) is 2.86. The van der Waals surface area contributed by atoms with E-state index < -0.39 is 29.3 Å². The molecule has 38 heavy (non-hydrogen) atoms. The summed E-state index contributed by atoms with van der Waals surface area (Å²) >= 11 is 0. The number of carboxylic acids is 1. The number of carboxylic acid groups (broad SMARTS) is 1. The molecular weight excluding hydrogens is 484 g/mol. The second kappa shape index (κ2) is 15.8. The summed E-state index contributed by atoms with van der Waals surface area (Å²) in [6.45, 7) is 4.88. The van der Waals surface area contributed by atoms with Crippen LogP contribution in [0.3, 0.4) is 0 Å². The lowest BCUT2D eigenvalue weighted by molar-refractivity contribution is -0.147. The van der Waals surface area contributed by atoms with Gasteiger partial charge in [0.05, 0.1) is 12.5 Å². The van der Waals surface area contributed by atoms with E-state index >= 15 is 0 Å². The van der Waals surface area contributed by atoms with Crippen LogP contribution in [-0.4, -0.2) is 58.4 Å². The number of hydrogen-bond donors (Lipinski definition) is 5. The minimum Gasteiger partial charge on any atom is -0.481 e. The molecule has 8 heteroatoms. The summed E-state index contributed by atoms with van der Waals surface area (Å²) < 4.78 is 0. The molecule has 2 rings (SSSR count). The smallest absolute Gasteiger partial charge is 0.308 e. The van der Waals surface area contributed by atoms with E-state index in [2.05, 4.69) is 17.6 Å². The van der Waals surface area contributed by atoms with Crippen molar-refractivity contribution in [2.75, 3.05) is 13.2 Å². The highest BCUT2D eigenvalue weighted by atomic mass is 16.4. The number of aliphatic hydroxyl groups is 2. The molecule has 0 heterocycles. The quantitative estimate of drug-likeness (QED) is 0.162. The number of hydrogen-bond acceptors (Lipinski definition) is 5. The van der Waals surface area contributed by atoms with E-state index in [0.717, 1.165) is 57.8 Å². The molecule has 4 unspecified atom stereocenters. The fourth-order valence-corrected chi connectivity index (χ4v) is 6.10. The van der Waals surface area contributed by atoms with E-state index in [1.807, 2.05) is 0 Å². The number of carbonyl (C=O) groups is 3. The standard InChI is InChI=1S/C30H54N2O6/c1-4-5-6-7-8-9-10-13-17-30(18-14-19-30)28(38)32-24-16-12-11-15-22(24)23(27(36)37)20-31-26(35)25(34)29(2,3)21-33/h22-25,33-34H,4-21H2,1-3H3,(H,31,35)(H,32,38)(H,36,37). The Balaban J connectivity index is 1.93. The number of aliphatic carboxylic acids is 1. The van der Waals surface area contributed by atoms with Gasteiger partial charge in [0.1, 0.15) is 6.10 Å². The van der Waals surface area contributed by atoms with Gasteiger partial charge >= 0.3 is 5.97 Å². The van der Waals surface area contributed by atoms with Crippen molar-refractivity contribution in [1.82, 2.24) is 10.6 Å². The zero-order valence-corrected chi connectivity index (χ0v) is 24.1. The predicted molar refractivity (Wildman–Crippen MR) is 148 cm³/mol. The maximum atomic E-state index is 13.5. The zero-order valence-electron chi connectivity index (χ0n) is 24.1. The average molecular weight is 539 g/mol. The van der Waals surface area contributed by atoms with Crippen LogP contribution in [0.25, 0.3) is 0 Å². The van der Waals surface area contributed by atoms with Crippen LogP contribution in [0.4, 0.5) is 0 Å². The summed E-state index contributed by atoms with van der Waals surface area (Å²) in [5.74, 6) is -2.76. The topological polar surface area (TPSA) is 136 Å². The third-order valence-corrected chi connectivity index (χ3v) is 9.16. The number of amides is 2. The van der Waals surface area contributed by atoms with Gasteiger partial charge in [-0.3, -0.25) is 14.4 Å². The van der Waals surface area contributed by atoms with Crippen LogP contribution in [-0.2, 0) is 14.4 Å². The van der Waals surface area contributed by atoms with E-state index in [1.54, 1.807) is 13.8 Å². The SMILES string of the molecule is CCCCCCCCCCC1(C(=O)NC2CCCCC2C(CNC(=O)C(O)C(C)(C)CO)C(=O)O)CCC1. The number of unbranched alkanes of at least 4 members (excludes halogenated alkanes) is 7. The highest BCUT2D eigenvalue weighted by Gasteiger charge is 2.46. The Kier molecular flexibility index (Phi) is 13.5. The van der Waals surface area contributed by atoms with Crippen LogP contribution < -0.4 is 10.6 Å². The first-order chi connectivity index (χ1) is 18.1. The van der Waals surface area contributed by atoms with E-state index in [9.17, 15) is 29.7 Å². The first-order valence-electron chi connectivity index (χ1n) is 15.2. The highest BCUT2D eigenvalue weighted by Crippen LogP contribution is 2.46. The lowest BCUT2D eigenvalue weighted by atomic mass is 9.64. The summed E-state index contributed by atoms with van der Waals surface area (Å²) in [6, 6.07) is -0.232. The van der Waals surface area contributed by atoms with Crippen LogP contribution in [0.5, 0.6) is 0 Å². The molecule has 2 amide bonds. The van der Waals surface area contributed by atoms with Gasteiger partial charge < -0.3 is 26.0 Å². The van der Waals surface area contributed by atoms with Crippen molar-refractivity contribution in [1.29, 1.82) is 0 Å². The molecule has 0 aromatic rings. The lowest BCUT2D eigenvalue weighted by Gasteiger charge is -2.43. The number of rotatable bonds is 18. The van der Waals surface area contributed by atoms with E-state index in [4.69, 9.17) is 0 Å². The Morgan fingerprint density at radius 2 is 1.55 bits per heavy atom. The Morgan fingerprint density at radius 3 is 2.11 bits per heavy atom. The minimum absolute atomic E-state index is 0.0805. The van der Waals surface area contributed by atoms with Gasteiger partial charge in [-0.25, -0.2) is 0 Å². The van der Waals surface area contributed by atoms with Gasteiger partial charge in [-0.2, -0.15) is 0 Å². The third-order valence-electron chi connectivity index (χ3n) is 9.16. The Morgan fingerprint density at radius 1 is 0.947 bits per heavy atom. The maximum absolute atomic E-state index is 13.5. The van der Waals surface area contributed by atoms with Gasteiger partial charge in [0.15, 0.2) is 0 Å². The molecule has 2 saturated carbocycles. The Labute approximate surface area is 229 Å². The normalized spacial score (nSPS) is 22.7. The molecule has 0 aromatic carbocycles. The number of aliphatic hydroxyl groups excluding tert-OH is 2. The van der Waals surface area contributed by atoms with E-state index in [-0.39, 0.29) is 36.4 Å². The van der Waals surface area contributed by atoms with Crippen molar-refractivity contribution >= 4 is 17.8 Å². The molecule has 5 N–H and O–H groups in total. The van der Waals surface area contributed by atoms with Gasteiger partial charge in [0.2, 0.25) is 11.8 Å². The van der Waals surface area contributed by atoms with Gasteiger partial charge in [-0.15, -0.1) is 0 Å². The molecule has 2 fully saturated rings. The molecule has 0 aromatic heterocycles. The van der Waals surface area contributed by atoms with Gasteiger partial charge in [0, 0.05) is 23.4 Å². The second-order valence-corrected chi connectivity index (χ2v) is 12.6. The zero-order chi connectivity index (χ0) is 28.2. The van der Waals surface area contributed by atoms with Gasteiger partial charge in [-0.05, 0) is 38.0 Å². The largest absolute Gasteiger partial charge is 0.481 e. The fraction of sp³-hybridized carbons (Fsp3) is 0.900. The van der Waals surface area contributed by atoms with E-state index in [1.165, 1.54) is 38.5 Å². The summed E-state index contributed by atoms with van der Waals surface area (Å²) in [7, 11) is 0. The first-order valence-corrected chi connectivity index (χ1v) is 15.2. The molecule has 0 saturated heterocycles. The maximum Gasteiger partial charge on any atom is 0.308 e. The highest BCUT2D eigenvalue weighted by molar-refractivity contribution is 5.84. The molecule has 220 valence electrons. The van der Waals surface area contributed by atoms with Crippen molar-refractivity contribution < 1.29 is 29.7 Å². The monoisotopic (exact) mass is 538 g/mol. The molecular formula is C30H54N2O6. The fourth-order valence-electron chi connectivity index (χ4n) is 6.10. The summed E-state index contributed by atoms with van der Waals surface area (Å²) in [6.07, 6.45) is 15.5. The third kappa shape index (κ3) is 9.22. The van der Waals surface area contributed by atoms with Gasteiger partial charge in [0.25, 0.3) is 0 Å². The van der Waals surface area contributed by atoms with Crippen molar-refractivity contribution in [3.63, 3.8) is 0 Å². The Bertz CT molecular complexity index is 751. The summed E-state index contributed by atoms with van der Waals surface area (Å²) in [4.78, 5) is 38.2. The molecule has 0 spiro atoms. The van der Waals surface area contributed by atoms with Crippen molar-refractivity contribution in [3.8, 4) is 0 Å². The molecule has 0 radical (unpaired) electrons. The van der Waals surface area contributed by atoms with Crippen molar-refractivity contribution in [2.24, 2.45) is 22.7 Å². The van der Waals surface area contributed by atoms with Crippen LogP contribution in [0, 0.1) is 22.7 Å². The van der Waals surface area contributed by atoms with E-state index in [0.29, 0.717) is 6.42 Å². The summed E-state index contributed by atoms with van der Waals surface area (Å²) in [5, 5.41) is 35.6. The number of carbonyl (C=O) groups excluding carboxylic acids is 2. The minimum atomic E-state index is -1.45. The van der Waals surface area contributed by atoms with Crippen LogP contribution >= 0.6 is 0 Å². The van der Waals surface area contributed by atoms with Gasteiger partial charge in [-0.1, -0.05) is 91.4 Å². The van der Waals surface area contributed by atoms with Crippen LogP contribution in [0.15, 0.2) is 0 Å². The van der Waals surface area contributed by atoms with Crippen molar-refractivity contribution in [3.05, 3.63) is 0 Å². The molecule has 4 atom stereocenters. The lowest BCUT2D eigenvalue weighted by Crippen LogP contribution is -2.55. The predicted octanol–water partition coefficient (Wildman–Crippen LogP) is 4.56.